The number of aromatic nitrogens is 2. The molecule has 1 saturated heterocycles. The Morgan fingerprint density at radius 1 is 1.14 bits per heavy atom. The van der Waals surface area contributed by atoms with Crippen LogP contribution in [0.15, 0.2) is 49.3 Å². The fraction of sp³-hybridized carbons (Fsp3) is 0.440. The lowest BCUT2D eigenvalue weighted by molar-refractivity contribution is 0.0218. The number of likely N-dealkylation sites (tertiary alicyclic amines) is 1. The number of fused-ring (bicyclic) bond motifs is 1. The molecule has 0 amide bonds. The Labute approximate surface area is 228 Å². The van der Waals surface area contributed by atoms with Crippen LogP contribution in [0.1, 0.15) is 24.5 Å². The molecule has 1 aliphatic rings. The minimum atomic E-state index is -3.58. The Morgan fingerprint density at radius 3 is 2.65 bits per heavy atom. The maximum Gasteiger partial charge on any atom is 0.329 e. The van der Waals surface area contributed by atoms with Gasteiger partial charge in [-0.1, -0.05) is 34.5 Å². The van der Waals surface area contributed by atoms with Crippen LogP contribution >= 0.6 is 27.5 Å². The number of nitrogens with one attached hydrogen (secondary N) is 1. The van der Waals surface area contributed by atoms with Gasteiger partial charge in [0.05, 0.1) is 47.4 Å². The second-order valence-corrected chi connectivity index (χ2v) is 12.5. The number of ether oxygens (including phenoxy) is 2. The van der Waals surface area contributed by atoms with E-state index in [1.54, 1.807) is 19.2 Å². The van der Waals surface area contributed by atoms with Crippen LogP contribution in [-0.4, -0.2) is 68.1 Å². The highest BCUT2D eigenvalue weighted by Crippen LogP contribution is 2.26. The lowest BCUT2D eigenvalue weighted by Gasteiger charge is -2.18. The number of nitrogens with zero attached hydrogens (tertiary/aromatic N) is 2. The molecule has 2 heterocycles. The molecule has 0 saturated carbocycles. The molecule has 1 atom stereocenters. The first-order valence-corrected chi connectivity index (χ1v) is 14.7. The lowest BCUT2D eigenvalue weighted by Crippen LogP contribution is -2.36. The van der Waals surface area contributed by atoms with Crippen molar-refractivity contribution in [3.05, 3.63) is 71.8 Å². The smallest absolute Gasteiger partial charge is 0.329 e. The van der Waals surface area contributed by atoms with Gasteiger partial charge < -0.3 is 14.5 Å². The molecule has 0 unspecified atom stereocenters. The Morgan fingerprint density at radius 2 is 1.92 bits per heavy atom. The third kappa shape index (κ3) is 6.35. The average Bonchev–Trinajstić information content (AvgIpc) is 3.30. The second kappa shape index (κ2) is 11.8. The summed E-state index contributed by atoms with van der Waals surface area (Å²) in [7, 11) is -1.94. The van der Waals surface area contributed by atoms with Crippen molar-refractivity contribution in [2.24, 2.45) is 0 Å². The van der Waals surface area contributed by atoms with E-state index in [2.05, 4.69) is 25.8 Å². The highest BCUT2D eigenvalue weighted by Gasteiger charge is 2.24. The van der Waals surface area contributed by atoms with Crippen LogP contribution in [0.3, 0.4) is 0 Å². The molecule has 4 rings (SSSR count). The number of methoxy groups -OCH3 is 1. The summed E-state index contributed by atoms with van der Waals surface area (Å²) in [5.74, 6) is -0.114. The Hall–Kier alpha value is -2.02. The summed E-state index contributed by atoms with van der Waals surface area (Å²) in [6.07, 6.45) is 1.07. The van der Waals surface area contributed by atoms with Crippen LogP contribution in [0.4, 0.5) is 0 Å². The quantitative estimate of drug-likeness (QED) is 0.349. The van der Waals surface area contributed by atoms with Crippen molar-refractivity contribution in [1.82, 2.24) is 14.5 Å². The van der Waals surface area contributed by atoms with Crippen LogP contribution in [0.2, 0.25) is 5.02 Å². The van der Waals surface area contributed by atoms with Gasteiger partial charge in [-0.05, 0) is 47.9 Å². The molecule has 9 nitrogen and oxygen atoms in total. The van der Waals surface area contributed by atoms with E-state index in [0.717, 1.165) is 34.1 Å². The van der Waals surface area contributed by atoms with Crippen LogP contribution < -0.4 is 11.2 Å². The first-order valence-electron chi connectivity index (χ1n) is 11.9. The topological polar surface area (TPSA) is 111 Å². The third-order valence-corrected chi connectivity index (χ3v) is 9.28. The predicted octanol–water partition coefficient (Wildman–Crippen LogP) is 3.18. The van der Waals surface area contributed by atoms with Gasteiger partial charge in [0.1, 0.15) is 0 Å². The van der Waals surface area contributed by atoms with Crippen molar-refractivity contribution in [1.29, 1.82) is 0 Å². The summed E-state index contributed by atoms with van der Waals surface area (Å²) >= 11 is 9.69. The molecule has 1 aliphatic heterocycles. The lowest BCUT2D eigenvalue weighted by atomic mass is 10.1. The molecule has 1 fully saturated rings. The summed E-state index contributed by atoms with van der Waals surface area (Å²) < 4.78 is 37.8. The van der Waals surface area contributed by atoms with Gasteiger partial charge in [-0.2, -0.15) is 0 Å². The van der Waals surface area contributed by atoms with Crippen molar-refractivity contribution in [3.8, 4) is 0 Å². The van der Waals surface area contributed by atoms with E-state index in [0.29, 0.717) is 35.7 Å². The molecule has 1 N–H and O–H groups in total. The number of hydrogen-bond donors (Lipinski definition) is 1. The molecule has 37 heavy (non-hydrogen) atoms. The first-order chi connectivity index (χ1) is 17.6. The van der Waals surface area contributed by atoms with E-state index < -0.39 is 21.1 Å². The molecular weight excluding hydrogens is 586 g/mol. The summed E-state index contributed by atoms with van der Waals surface area (Å²) in [4.78, 5) is 31.4. The number of hydrogen-bond acceptors (Lipinski definition) is 7. The molecule has 3 aromatic rings. The van der Waals surface area contributed by atoms with Crippen LogP contribution in [0.25, 0.3) is 10.9 Å². The van der Waals surface area contributed by atoms with Gasteiger partial charge in [0.2, 0.25) is 0 Å². The van der Waals surface area contributed by atoms with Crippen molar-refractivity contribution in [3.63, 3.8) is 0 Å². The van der Waals surface area contributed by atoms with Crippen LogP contribution in [0.5, 0.6) is 0 Å². The number of H-pyrrole nitrogens is 1. The van der Waals surface area contributed by atoms with E-state index in [1.807, 2.05) is 0 Å². The molecule has 0 bridgehead atoms. The fourth-order valence-electron chi connectivity index (χ4n) is 4.50. The minimum absolute atomic E-state index is 0.0532. The SMILES string of the molecule is CCS(=O)(=O)c1ccc(Cl)cc1Cn1c(=O)[nH]c2cc(CN3CC[C@@H](OCCOC)C3)c(Br)cc2c1=O. The maximum atomic E-state index is 13.3. The number of aromatic amines is 1. The molecule has 0 spiro atoms. The number of halogens is 2. The summed E-state index contributed by atoms with van der Waals surface area (Å²) in [5.41, 5.74) is 0.498. The van der Waals surface area contributed by atoms with E-state index in [-0.39, 0.29) is 28.9 Å². The Kier molecular flexibility index (Phi) is 8.93. The second-order valence-electron chi connectivity index (χ2n) is 8.98. The predicted molar refractivity (Wildman–Crippen MR) is 146 cm³/mol. The summed E-state index contributed by atoms with van der Waals surface area (Å²) in [6, 6.07) is 7.86. The number of sulfone groups is 1. The first kappa shape index (κ1) is 28.0. The average molecular weight is 615 g/mol. The number of rotatable bonds is 10. The number of benzene rings is 2. The van der Waals surface area contributed by atoms with E-state index >= 15 is 0 Å². The van der Waals surface area contributed by atoms with Crippen molar-refractivity contribution < 1.29 is 17.9 Å². The van der Waals surface area contributed by atoms with Crippen LogP contribution in [-0.2, 0) is 32.4 Å². The third-order valence-electron chi connectivity index (χ3n) is 6.48. The van der Waals surface area contributed by atoms with Gasteiger partial charge in [-0.25, -0.2) is 13.2 Å². The Bertz CT molecular complexity index is 1520. The molecule has 2 aromatic carbocycles. The standard InChI is InChI=1S/C25H29BrClN3O6S/c1-3-37(33,34)23-5-4-18(27)10-17(23)14-30-24(31)20-12-21(26)16(11-22(20)28-25(30)32)13-29-7-6-19(15-29)36-9-8-35-2/h4-5,10-12,19H,3,6-9,13-15H2,1-2H3,(H,28,32)/t19-/m1/s1. The minimum Gasteiger partial charge on any atom is -0.382 e. The molecule has 0 aliphatic carbocycles. The monoisotopic (exact) mass is 613 g/mol. The molecule has 12 heteroatoms. The van der Waals surface area contributed by atoms with Crippen molar-refractivity contribution in [2.45, 2.75) is 37.4 Å². The van der Waals surface area contributed by atoms with Crippen LogP contribution in [0, 0.1) is 0 Å². The maximum absolute atomic E-state index is 13.3. The molecule has 200 valence electrons. The highest BCUT2D eigenvalue weighted by atomic mass is 79.9. The van der Waals surface area contributed by atoms with E-state index in [9.17, 15) is 18.0 Å². The fourth-order valence-corrected chi connectivity index (χ4v) is 6.27. The van der Waals surface area contributed by atoms with Gasteiger partial charge in [-0.3, -0.25) is 14.3 Å². The molecular formula is C25H29BrClN3O6S. The highest BCUT2D eigenvalue weighted by molar-refractivity contribution is 9.10. The Balaban J connectivity index is 1.62. The van der Waals surface area contributed by atoms with Gasteiger partial charge in [0.15, 0.2) is 9.84 Å². The zero-order valence-corrected chi connectivity index (χ0v) is 23.8. The van der Waals surface area contributed by atoms with Gasteiger partial charge >= 0.3 is 5.69 Å². The molecule has 0 radical (unpaired) electrons. The van der Waals surface area contributed by atoms with Crippen molar-refractivity contribution >= 4 is 48.3 Å². The summed E-state index contributed by atoms with van der Waals surface area (Å²) in [6.45, 7) is 4.73. The summed E-state index contributed by atoms with van der Waals surface area (Å²) in [5, 5.41) is 0.635. The van der Waals surface area contributed by atoms with E-state index in [4.69, 9.17) is 21.1 Å². The van der Waals surface area contributed by atoms with Gasteiger partial charge in [0, 0.05) is 36.2 Å². The largest absolute Gasteiger partial charge is 0.382 e. The zero-order valence-electron chi connectivity index (χ0n) is 20.6. The van der Waals surface area contributed by atoms with Gasteiger partial charge in [0.25, 0.3) is 5.56 Å². The zero-order chi connectivity index (χ0) is 26.7. The van der Waals surface area contributed by atoms with Crippen molar-refractivity contribution in [2.75, 3.05) is 39.2 Å². The molecule has 1 aromatic heterocycles. The van der Waals surface area contributed by atoms with Gasteiger partial charge in [-0.15, -0.1) is 0 Å². The van der Waals surface area contributed by atoms with E-state index in [1.165, 1.54) is 25.1 Å². The normalized spacial score (nSPS) is 16.6.